The van der Waals surface area contributed by atoms with Gasteiger partial charge in [0.1, 0.15) is 11.4 Å². The van der Waals surface area contributed by atoms with Crippen molar-refractivity contribution in [3.63, 3.8) is 0 Å². The van der Waals surface area contributed by atoms with Crippen LogP contribution in [-0.2, 0) is 20.4 Å². The van der Waals surface area contributed by atoms with Gasteiger partial charge in [-0.1, -0.05) is 24.3 Å². The number of halogens is 1. The first-order chi connectivity index (χ1) is 14.8. The smallest absolute Gasteiger partial charge is 0.261 e. The molecule has 0 aromatic heterocycles. The van der Waals surface area contributed by atoms with E-state index in [0.717, 1.165) is 24.3 Å². The second-order valence-corrected chi connectivity index (χ2v) is 8.84. The Morgan fingerprint density at radius 2 is 1.61 bits per heavy atom. The highest BCUT2D eigenvalue weighted by atomic mass is 32.2. The molecule has 1 aliphatic rings. The van der Waals surface area contributed by atoms with Crippen molar-refractivity contribution in [3.8, 4) is 0 Å². The number of aliphatic hydroxyl groups is 1. The Bertz CT molecular complexity index is 1210. The second-order valence-electron chi connectivity index (χ2n) is 7.16. The van der Waals surface area contributed by atoms with E-state index in [1.54, 1.807) is 36.4 Å². The zero-order valence-electron chi connectivity index (χ0n) is 16.2. The molecule has 1 heterocycles. The van der Waals surface area contributed by atoms with Crippen molar-refractivity contribution in [3.05, 3.63) is 89.7 Å². The zero-order valence-corrected chi connectivity index (χ0v) is 17.0. The summed E-state index contributed by atoms with van der Waals surface area (Å²) in [4.78, 5) is 12.7. The highest BCUT2D eigenvalue weighted by Gasteiger charge is 2.37. The lowest BCUT2D eigenvalue weighted by Crippen LogP contribution is -2.46. The molecule has 0 saturated carbocycles. The number of rotatable bonds is 6. The molecule has 3 N–H and O–H groups in total. The molecule has 7 nitrogen and oxygen atoms in total. The molecule has 31 heavy (non-hydrogen) atoms. The fraction of sp³-hybridized carbons (Fsp3) is 0.136. The van der Waals surface area contributed by atoms with Crippen LogP contribution in [0.4, 0.5) is 15.8 Å². The van der Waals surface area contributed by atoms with E-state index in [4.69, 9.17) is 4.74 Å². The highest BCUT2D eigenvalue weighted by Crippen LogP contribution is 2.30. The molecule has 0 aliphatic carbocycles. The quantitative estimate of drug-likeness (QED) is 0.544. The molecular weight excluding hydrogens is 423 g/mol. The van der Waals surface area contributed by atoms with Crippen LogP contribution in [0.2, 0.25) is 0 Å². The third-order valence-electron chi connectivity index (χ3n) is 4.90. The summed E-state index contributed by atoms with van der Waals surface area (Å²) >= 11 is 0. The molecule has 1 fully saturated rings. The van der Waals surface area contributed by atoms with E-state index in [1.165, 1.54) is 12.1 Å². The third kappa shape index (κ3) is 4.43. The van der Waals surface area contributed by atoms with E-state index in [-0.39, 0.29) is 29.4 Å². The maximum Gasteiger partial charge on any atom is 0.261 e. The van der Waals surface area contributed by atoms with E-state index in [0.29, 0.717) is 11.3 Å². The Labute approximate surface area is 178 Å². The monoisotopic (exact) mass is 442 g/mol. The average Bonchev–Trinajstić information content (AvgIpc) is 2.73. The van der Waals surface area contributed by atoms with Gasteiger partial charge in [0.15, 0.2) is 0 Å². The number of ether oxygens (including phenoxy) is 1. The van der Waals surface area contributed by atoms with Gasteiger partial charge in [-0.2, -0.15) is 0 Å². The summed E-state index contributed by atoms with van der Waals surface area (Å²) in [5.41, 5.74) is 0.358. The van der Waals surface area contributed by atoms with Gasteiger partial charge in [-0.05, 0) is 54.1 Å². The van der Waals surface area contributed by atoms with E-state index in [9.17, 15) is 22.7 Å². The first-order valence-electron chi connectivity index (χ1n) is 9.36. The van der Waals surface area contributed by atoms with Crippen molar-refractivity contribution in [2.75, 3.05) is 23.3 Å². The van der Waals surface area contributed by atoms with Crippen LogP contribution in [0.1, 0.15) is 15.9 Å². The number of hydrogen-bond acceptors (Lipinski definition) is 5. The Morgan fingerprint density at radius 3 is 2.23 bits per heavy atom. The number of carbonyl (C=O) groups is 1. The molecule has 0 spiro atoms. The summed E-state index contributed by atoms with van der Waals surface area (Å²) in [6.45, 7) is 0.445. The van der Waals surface area contributed by atoms with Crippen molar-refractivity contribution in [2.45, 2.75) is 10.5 Å². The number of hydrogen-bond donors (Lipinski definition) is 3. The van der Waals surface area contributed by atoms with E-state index in [1.807, 2.05) is 0 Å². The average molecular weight is 442 g/mol. The van der Waals surface area contributed by atoms with Crippen LogP contribution in [-0.4, -0.2) is 32.6 Å². The Kier molecular flexibility index (Phi) is 5.48. The SMILES string of the molecule is O=C(Nc1ccc(C2(O)COC2)cc1)c1ccccc1NS(=O)(=O)c1ccc(F)cc1. The maximum absolute atomic E-state index is 13.1. The molecule has 160 valence electrons. The summed E-state index contributed by atoms with van der Waals surface area (Å²) in [6, 6.07) is 17.2. The molecule has 1 aliphatic heterocycles. The predicted molar refractivity (Wildman–Crippen MR) is 113 cm³/mol. The van der Waals surface area contributed by atoms with E-state index in [2.05, 4.69) is 10.0 Å². The van der Waals surface area contributed by atoms with Crippen LogP contribution in [0.25, 0.3) is 0 Å². The number of benzene rings is 3. The second kappa shape index (κ2) is 8.10. The van der Waals surface area contributed by atoms with Crippen LogP contribution in [0.15, 0.2) is 77.7 Å². The Hall–Kier alpha value is -3.27. The molecule has 0 atom stereocenters. The van der Waals surface area contributed by atoms with Crippen LogP contribution >= 0.6 is 0 Å². The van der Waals surface area contributed by atoms with Gasteiger partial charge in [0, 0.05) is 5.69 Å². The maximum atomic E-state index is 13.1. The summed E-state index contributed by atoms with van der Waals surface area (Å²) in [7, 11) is -4.01. The van der Waals surface area contributed by atoms with Gasteiger partial charge in [-0.3, -0.25) is 9.52 Å². The van der Waals surface area contributed by atoms with Gasteiger partial charge in [-0.15, -0.1) is 0 Å². The number of sulfonamides is 1. The van der Waals surface area contributed by atoms with Crippen molar-refractivity contribution in [1.29, 1.82) is 0 Å². The molecule has 4 rings (SSSR count). The summed E-state index contributed by atoms with van der Waals surface area (Å²) in [6.07, 6.45) is 0. The number of para-hydroxylation sites is 1. The molecule has 0 bridgehead atoms. The molecule has 9 heteroatoms. The largest absolute Gasteiger partial charge is 0.380 e. The van der Waals surface area contributed by atoms with Crippen molar-refractivity contribution in [2.24, 2.45) is 0 Å². The number of anilines is 2. The Morgan fingerprint density at radius 1 is 0.968 bits per heavy atom. The molecule has 0 unspecified atom stereocenters. The van der Waals surface area contributed by atoms with Crippen LogP contribution in [0.5, 0.6) is 0 Å². The minimum absolute atomic E-state index is 0.0851. The molecule has 0 radical (unpaired) electrons. The van der Waals surface area contributed by atoms with Crippen molar-refractivity contribution in [1.82, 2.24) is 0 Å². The number of carbonyl (C=O) groups excluding carboxylic acids is 1. The van der Waals surface area contributed by atoms with Gasteiger partial charge in [0.2, 0.25) is 0 Å². The molecule has 1 saturated heterocycles. The molecule has 1 amide bonds. The lowest BCUT2D eigenvalue weighted by Gasteiger charge is -2.36. The number of amides is 1. The summed E-state index contributed by atoms with van der Waals surface area (Å²) in [5.74, 6) is -1.07. The first kappa shape index (κ1) is 21.0. The van der Waals surface area contributed by atoms with Gasteiger partial charge in [0.05, 0.1) is 29.4 Å². The van der Waals surface area contributed by atoms with Crippen LogP contribution in [0, 0.1) is 5.82 Å². The molecule has 3 aromatic carbocycles. The lowest BCUT2D eigenvalue weighted by atomic mass is 9.92. The van der Waals surface area contributed by atoms with Crippen LogP contribution in [0.3, 0.4) is 0 Å². The third-order valence-corrected chi connectivity index (χ3v) is 6.28. The minimum Gasteiger partial charge on any atom is -0.380 e. The highest BCUT2D eigenvalue weighted by molar-refractivity contribution is 7.92. The van der Waals surface area contributed by atoms with Crippen molar-refractivity contribution >= 4 is 27.3 Å². The summed E-state index contributed by atoms with van der Waals surface area (Å²) < 4.78 is 45.7. The molecule has 3 aromatic rings. The standard InChI is InChI=1S/C22H19FN2O5S/c23-16-7-11-18(12-8-16)31(28,29)25-20-4-2-1-3-19(20)21(26)24-17-9-5-15(6-10-17)22(27)13-30-14-22/h1-12,25,27H,13-14H2,(H,24,26). The normalized spacial score (nSPS) is 15.0. The van der Waals surface area contributed by atoms with Gasteiger partial charge in [0.25, 0.3) is 15.9 Å². The van der Waals surface area contributed by atoms with Gasteiger partial charge >= 0.3 is 0 Å². The molecular formula is C22H19FN2O5S. The lowest BCUT2D eigenvalue weighted by molar-refractivity contribution is -0.184. The van der Waals surface area contributed by atoms with Gasteiger partial charge < -0.3 is 15.2 Å². The van der Waals surface area contributed by atoms with E-state index < -0.39 is 27.3 Å². The first-order valence-corrected chi connectivity index (χ1v) is 10.8. The topological polar surface area (TPSA) is 105 Å². The van der Waals surface area contributed by atoms with E-state index >= 15 is 0 Å². The number of nitrogens with one attached hydrogen (secondary N) is 2. The minimum atomic E-state index is -4.01. The van der Waals surface area contributed by atoms with Crippen LogP contribution < -0.4 is 10.0 Å². The fourth-order valence-electron chi connectivity index (χ4n) is 3.11. The van der Waals surface area contributed by atoms with Crippen molar-refractivity contribution < 1.29 is 27.4 Å². The van der Waals surface area contributed by atoms with Gasteiger partial charge in [-0.25, -0.2) is 12.8 Å². The summed E-state index contributed by atoms with van der Waals surface area (Å²) in [5, 5.41) is 13.0. The zero-order chi connectivity index (χ0) is 22.1. The fourth-order valence-corrected chi connectivity index (χ4v) is 4.19. The predicted octanol–water partition coefficient (Wildman–Crippen LogP) is 3.10. The Balaban J connectivity index is 1.52.